The van der Waals surface area contributed by atoms with Gasteiger partial charge in [-0.15, -0.1) is 0 Å². The molecule has 0 saturated carbocycles. The predicted molar refractivity (Wildman–Crippen MR) is 132 cm³/mol. The van der Waals surface area contributed by atoms with Crippen LogP contribution in [-0.2, 0) is 11.3 Å². The van der Waals surface area contributed by atoms with Crippen LogP contribution in [0.2, 0.25) is 0 Å². The number of methoxy groups -OCH3 is 2. The summed E-state index contributed by atoms with van der Waals surface area (Å²) in [6.45, 7) is 11.3. The summed E-state index contributed by atoms with van der Waals surface area (Å²) in [6.07, 6.45) is 1.94. The molecule has 1 aromatic heterocycles. The molecule has 8 nitrogen and oxygen atoms in total. The van der Waals surface area contributed by atoms with Crippen molar-refractivity contribution in [2.75, 3.05) is 57.3 Å². The van der Waals surface area contributed by atoms with Gasteiger partial charge in [-0.1, -0.05) is 20.8 Å². The molecule has 33 heavy (non-hydrogen) atoms. The fourth-order valence-electron chi connectivity index (χ4n) is 4.02. The van der Waals surface area contributed by atoms with Gasteiger partial charge in [0, 0.05) is 32.2 Å². The molecule has 0 bridgehead atoms. The number of aliphatic imine (C=N–C) groups is 1. The molecule has 1 unspecified atom stereocenters. The first-order valence-electron chi connectivity index (χ1n) is 11.5. The molecule has 2 aliphatic rings. The van der Waals surface area contributed by atoms with Gasteiger partial charge in [0.05, 0.1) is 51.0 Å². The summed E-state index contributed by atoms with van der Waals surface area (Å²) in [5, 5.41) is 7.07. The van der Waals surface area contributed by atoms with E-state index in [2.05, 4.69) is 42.4 Å². The molecular weight excluding hydrogens is 418 g/mol. The number of rotatable bonds is 7. The Balaban J connectivity index is 1.63. The summed E-state index contributed by atoms with van der Waals surface area (Å²) in [7, 11) is 3.32. The monoisotopic (exact) mass is 453 g/mol. The van der Waals surface area contributed by atoms with E-state index >= 15 is 0 Å². The zero-order valence-electron chi connectivity index (χ0n) is 20.3. The number of nitrogens with one attached hydrogen (secondary N) is 2. The van der Waals surface area contributed by atoms with Gasteiger partial charge in [-0.3, -0.25) is 4.99 Å². The van der Waals surface area contributed by atoms with Crippen molar-refractivity contribution in [1.29, 1.82) is 0 Å². The lowest BCUT2D eigenvalue weighted by Crippen LogP contribution is -2.36. The Morgan fingerprint density at radius 2 is 1.79 bits per heavy atom. The molecule has 1 aromatic carbocycles. The van der Waals surface area contributed by atoms with Gasteiger partial charge in [-0.25, -0.2) is 4.98 Å². The van der Waals surface area contributed by atoms with E-state index in [1.54, 1.807) is 14.2 Å². The molecule has 1 atom stereocenters. The topological polar surface area (TPSA) is 80.2 Å². The molecule has 4 rings (SSSR count). The highest BCUT2D eigenvalue weighted by Gasteiger charge is 2.30. The van der Waals surface area contributed by atoms with E-state index in [9.17, 15) is 0 Å². The summed E-state index contributed by atoms with van der Waals surface area (Å²) in [4.78, 5) is 12.1. The lowest BCUT2D eigenvalue weighted by atomic mass is 9.88. The lowest BCUT2D eigenvalue weighted by Gasteiger charge is -2.29. The zero-order chi connectivity index (χ0) is 23.4. The molecule has 178 valence electrons. The van der Waals surface area contributed by atoms with Crippen LogP contribution in [0, 0.1) is 5.41 Å². The Kier molecular flexibility index (Phi) is 6.93. The Hall–Kier alpha value is -3.00. The molecule has 1 fully saturated rings. The molecule has 2 N–H and O–H groups in total. The van der Waals surface area contributed by atoms with Gasteiger partial charge in [0.25, 0.3) is 0 Å². The maximum Gasteiger partial charge on any atom is 0.149 e. The number of hydrogen-bond donors (Lipinski definition) is 2. The fourth-order valence-corrected chi connectivity index (χ4v) is 4.02. The molecule has 3 heterocycles. The smallest absolute Gasteiger partial charge is 0.149 e. The van der Waals surface area contributed by atoms with Gasteiger partial charge >= 0.3 is 0 Å². The van der Waals surface area contributed by atoms with Crippen molar-refractivity contribution in [1.82, 2.24) is 10.3 Å². The number of benzene rings is 1. The number of morpholine rings is 1. The van der Waals surface area contributed by atoms with Crippen LogP contribution in [0.1, 0.15) is 32.0 Å². The van der Waals surface area contributed by atoms with Gasteiger partial charge in [0.15, 0.2) is 0 Å². The molecule has 2 aliphatic heterocycles. The van der Waals surface area contributed by atoms with Crippen molar-refractivity contribution < 1.29 is 14.2 Å². The fraction of sp³-hybridized carbons (Fsp3) is 0.520. The summed E-state index contributed by atoms with van der Waals surface area (Å²) in [5.74, 6) is 2.37. The Bertz CT molecular complexity index is 974. The second kappa shape index (κ2) is 9.87. The molecule has 0 aliphatic carbocycles. The van der Waals surface area contributed by atoms with Crippen LogP contribution in [0.5, 0.6) is 11.5 Å². The Labute approximate surface area is 196 Å². The summed E-state index contributed by atoms with van der Waals surface area (Å²) in [6, 6.07) is 8.27. The maximum atomic E-state index is 5.52. The zero-order valence-corrected chi connectivity index (χ0v) is 20.3. The van der Waals surface area contributed by atoms with Crippen molar-refractivity contribution in [3.05, 3.63) is 41.7 Å². The first-order chi connectivity index (χ1) is 15.9. The average Bonchev–Trinajstić information content (AvgIpc) is 3.34. The molecule has 0 amide bonds. The highest BCUT2D eigenvalue weighted by Crippen LogP contribution is 2.29. The van der Waals surface area contributed by atoms with Crippen LogP contribution in [0.3, 0.4) is 0 Å². The van der Waals surface area contributed by atoms with Crippen molar-refractivity contribution in [2.45, 2.75) is 33.4 Å². The molecular formula is C25H35N5O3. The number of amidine groups is 1. The second-order valence-corrected chi connectivity index (χ2v) is 9.50. The standard InChI is InChI=1S/C25H35N5O3/c1-25(2,3)22-16-28-24(29-22)23-21(12-18(15-27-23)30-6-8-33-9-7-30)26-14-17-10-19(31-4)13-20(11-17)32-5/h10-13,15,22,26H,6-9,14,16H2,1-5H3,(H,28,29). The van der Waals surface area contributed by atoms with Crippen LogP contribution in [0.25, 0.3) is 0 Å². The lowest BCUT2D eigenvalue weighted by molar-refractivity contribution is 0.122. The van der Waals surface area contributed by atoms with E-state index in [1.165, 1.54) is 0 Å². The van der Waals surface area contributed by atoms with E-state index in [0.29, 0.717) is 6.54 Å². The summed E-state index contributed by atoms with van der Waals surface area (Å²) >= 11 is 0. The number of anilines is 2. The van der Waals surface area contributed by atoms with E-state index in [1.807, 2.05) is 24.4 Å². The predicted octanol–water partition coefficient (Wildman–Crippen LogP) is 3.31. The summed E-state index contributed by atoms with van der Waals surface area (Å²) < 4.78 is 16.4. The molecule has 0 spiro atoms. The second-order valence-electron chi connectivity index (χ2n) is 9.50. The van der Waals surface area contributed by atoms with E-state index in [0.717, 1.165) is 72.8 Å². The third-order valence-corrected chi connectivity index (χ3v) is 6.12. The number of pyridine rings is 1. The Morgan fingerprint density at radius 1 is 1.09 bits per heavy atom. The molecule has 8 heteroatoms. The minimum atomic E-state index is 0.0905. The average molecular weight is 454 g/mol. The number of hydrogen-bond acceptors (Lipinski definition) is 8. The number of aromatic nitrogens is 1. The first kappa shape index (κ1) is 23.2. The highest BCUT2D eigenvalue weighted by atomic mass is 16.5. The molecule has 1 saturated heterocycles. The van der Waals surface area contributed by atoms with Gasteiger partial charge in [-0.2, -0.15) is 0 Å². The molecule has 0 radical (unpaired) electrons. The minimum Gasteiger partial charge on any atom is -0.497 e. The first-order valence-corrected chi connectivity index (χ1v) is 11.5. The minimum absolute atomic E-state index is 0.0905. The third kappa shape index (κ3) is 5.50. The third-order valence-electron chi connectivity index (χ3n) is 6.12. The number of ether oxygens (including phenoxy) is 3. The van der Waals surface area contributed by atoms with Crippen molar-refractivity contribution in [3.8, 4) is 11.5 Å². The van der Waals surface area contributed by atoms with E-state index < -0.39 is 0 Å². The van der Waals surface area contributed by atoms with Crippen LogP contribution in [0.4, 0.5) is 11.4 Å². The van der Waals surface area contributed by atoms with Crippen LogP contribution < -0.4 is 25.0 Å². The van der Waals surface area contributed by atoms with Gasteiger partial charge in [-0.05, 0) is 29.2 Å². The van der Waals surface area contributed by atoms with E-state index in [-0.39, 0.29) is 11.5 Å². The summed E-state index contributed by atoms with van der Waals surface area (Å²) in [5.41, 5.74) is 4.02. The SMILES string of the molecule is COc1cc(CNc2cc(N3CCOCC3)cnc2C2=NC(C(C)(C)C)CN2)cc(OC)c1. The van der Waals surface area contributed by atoms with Crippen LogP contribution in [0.15, 0.2) is 35.5 Å². The molecule has 2 aromatic rings. The maximum absolute atomic E-state index is 5.52. The quantitative estimate of drug-likeness (QED) is 0.666. The van der Waals surface area contributed by atoms with E-state index in [4.69, 9.17) is 24.2 Å². The van der Waals surface area contributed by atoms with Crippen LogP contribution >= 0.6 is 0 Å². The normalized spacial score (nSPS) is 18.5. The number of nitrogens with zero attached hydrogens (tertiary/aromatic N) is 3. The van der Waals surface area contributed by atoms with Crippen molar-refractivity contribution >= 4 is 17.2 Å². The largest absolute Gasteiger partial charge is 0.497 e. The van der Waals surface area contributed by atoms with Gasteiger partial charge < -0.3 is 29.7 Å². The van der Waals surface area contributed by atoms with Crippen LogP contribution in [-0.4, -0.2) is 63.9 Å². The Morgan fingerprint density at radius 3 is 2.39 bits per heavy atom. The van der Waals surface area contributed by atoms with Crippen molar-refractivity contribution in [3.63, 3.8) is 0 Å². The van der Waals surface area contributed by atoms with Crippen molar-refractivity contribution in [2.24, 2.45) is 10.4 Å². The van der Waals surface area contributed by atoms with Gasteiger partial charge in [0.2, 0.25) is 0 Å². The highest BCUT2D eigenvalue weighted by molar-refractivity contribution is 6.03. The van der Waals surface area contributed by atoms with Gasteiger partial charge in [0.1, 0.15) is 23.0 Å².